The van der Waals surface area contributed by atoms with Crippen molar-refractivity contribution in [3.05, 3.63) is 199 Å². The average molecular weight is 912 g/mol. The molecule has 0 aliphatic carbocycles. The highest BCUT2D eigenvalue weighted by atomic mass is 16.3. The van der Waals surface area contributed by atoms with Crippen LogP contribution >= 0.6 is 0 Å². The molecule has 4 heterocycles. The topological polar surface area (TPSA) is 284 Å². The van der Waals surface area contributed by atoms with Gasteiger partial charge in [0, 0.05) is 36.2 Å². The summed E-state index contributed by atoms with van der Waals surface area (Å²) in [5.74, 6) is -0.285. The highest BCUT2D eigenvalue weighted by Gasteiger charge is 2.21. The fourth-order valence-corrected chi connectivity index (χ4v) is 6.73. The number of nitriles is 2. The molecule has 6 N–H and O–H groups in total. The summed E-state index contributed by atoms with van der Waals surface area (Å²) in [4.78, 5) is 41.7. The maximum atomic E-state index is 13.2. The van der Waals surface area contributed by atoms with Crippen LogP contribution in [0.5, 0.6) is 11.5 Å². The number of hydrogen-bond donors (Lipinski definition) is 5. The van der Waals surface area contributed by atoms with Crippen LogP contribution in [0.3, 0.4) is 0 Å². The molecule has 6 aromatic carbocycles. The molecule has 0 aliphatic heterocycles. The number of anilines is 3. The fourth-order valence-electron chi connectivity index (χ4n) is 6.73. The maximum Gasteiger partial charge on any atom is 0.260 e. The second-order valence-electron chi connectivity index (χ2n) is 14.3. The van der Waals surface area contributed by atoms with Gasteiger partial charge >= 0.3 is 0 Å². The van der Waals surface area contributed by atoms with Gasteiger partial charge in [0.25, 0.3) is 23.7 Å². The lowest BCUT2D eigenvalue weighted by molar-refractivity contribution is 0.101. The van der Waals surface area contributed by atoms with Crippen molar-refractivity contribution < 1.29 is 21.2 Å². The van der Waals surface area contributed by atoms with E-state index in [0.717, 1.165) is 10.8 Å². The number of carbonyl (C=O) groups excluding carboxylic acids is 2. The van der Waals surface area contributed by atoms with Crippen molar-refractivity contribution in [2.24, 2.45) is 10.2 Å². The van der Waals surface area contributed by atoms with Crippen LogP contribution in [0, 0.1) is 22.7 Å². The van der Waals surface area contributed by atoms with Crippen molar-refractivity contribution in [1.29, 1.82) is 10.5 Å². The van der Waals surface area contributed by atoms with E-state index in [1.807, 2.05) is 66.7 Å². The summed E-state index contributed by atoms with van der Waals surface area (Å²) >= 11 is 0. The zero-order chi connectivity index (χ0) is 48.1. The Morgan fingerprint density at radius 2 is 1.07 bits per heavy atom. The number of nitrogens with one attached hydrogen (secondary N) is 2. The molecule has 0 bridgehead atoms. The number of fused-ring (bicyclic) bond motifs is 2. The Labute approximate surface area is 393 Å². The Balaban J connectivity index is 0.000000173. The minimum Gasteiger partial charge on any atom is -1.00 e. The smallest absolute Gasteiger partial charge is 0.260 e. The summed E-state index contributed by atoms with van der Waals surface area (Å²) in [5.41, 5.74) is 7.79. The molecule has 0 fully saturated rings. The first kappa shape index (κ1) is 44.9. The van der Waals surface area contributed by atoms with Crippen molar-refractivity contribution in [3.63, 3.8) is 0 Å². The van der Waals surface area contributed by atoms with E-state index in [0.29, 0.717) is 39.2 Å². The third-order valence-corrected chi connectivity index (χ3v) is 9.95. The van der Waals surface area contributed by atoms with Crippen LogP contribution in [0.4, 0.5) is 28.7 Å². The van der Waals surface area contributed by atoms with E-state index >= 15 is 0 Å². The highest BCUT2D eigenvalue weighted by molar-refractivity contribution is 6.16. The number of nitrogen functional groups attached to an aromatic ring is 1. The van der Waals surface area contributed by atoms with Gasteiger partial charge in [0.2, 0.25) is 0 Å². The molecule has 2 amide bonds. The van der Waals surface area contributed by atoms with Crippen LogP contribution in [0.25, 0.3) is 33.4 Å². The fraction of sp³-hybridized carbons (Fsp3) is 0. The van der Waals surface area contributed by atoms with Gasteiger partial charge in [-0.15, -0.1) is 10.2 Å². The number of nitrogens with zero attached hydrogens (tertiary/aromatic N) is 12. The van der Waals surface area contributed by atoms with Gasteiger partial charge in [0.15, 0.2) is 11.6 Å². The Morgan fingerprint density at radius 1 is 0.580 bits per heavy atom. The summed E-state index contributed by atoms with van der Waals surface area (Å²) in [5, 5.41) is 64.0. The summed E-state index contributed by atoms with van der Waals surface area (Å²) in [6.45, 7) is 0. The number of nitrogens with two attached hydrogens (primary N) is 1. The number of para-hydroxylation sites is 2. The molecule has 0 saturated heterocycles. The first-order valence-electron chi connectivity index (χ1n) is 20.6. The molecule has 0 atom stereocenters. The molecule has 4 aromatic heterocycles. The predicted molar refractivity (Wildman–Crippen MR) is 257 cm³/mol. The summed E-state index contributed by atoms with van der Waals surface area (Å²) in [6, 6.07) is 44.9. The summed E-state index contributed by atoms with van der Waals surface area (Å²) < 4.78 is 2.59. The molecule has 0 saturated carbocycles. The monoisotopic (exact) mass is 911 g/mol. The predicted octanol–water partition coefficient (Wildman–Crippen LogP) is 9.09. The molecule has 0 unspecified atom stereocenters. The van der Waals surface area contributed by atoms with Gasteiger partial charge in [0.1, 0.15) is 40.5 Å². The van der Waals surface area contributed by atoms with Crippen LogP contribution in [-0.4, -0.2) is 61.5 Å². The number of hydrogen-bond acceptors (Lipinski definition) is 15. The summed E-state index contributed by atoms with van der Waals surface area (Å²) in [7, 11) is 0. The number of carbonyl (C=O) groups is 2. The molecule has 10 rings (SSSR count). The van der Waals surface area contributed by atoms with E-state index in [1.54, 1.807) is 97.3 Å². The Hall–Kier alpha value is -10.7. The van der Waals surface area contributed by atoms with E-state index in [9.17, 15) is 25.1 Å². The van der Waals surface area contributed by atoms with Gasteiger partial charge in [0.05, 0.1) is 23.5 Å². The number of azo groups is 1. The molecule has 0 aliphatic rings. The van der Waals surface area contributed by atoms with E-state index < -0.39 is 5.91 Å². The SMILES string of the molecule is N#Cc1cnn(-c2ncccn2)c1N.N#Cc1cnn(-c2ncccn2)c1N=Nc1cc2ccccc2c(C(=O)Nc2ccccc2)c1O.O=C(Nc1ccccc1)c1c(O)ccc2ccccc12.[2H-]. The van der Waals surface area contributed by atoms with E-state index in [2.05, 4.69) is 51.0 Å². The van der Waals surface area contributed by atoms with Crippen LogP contribution in [0.1, 0.15) is 33.3 Å². The van der Waals surface area contributed by atoms with Gasteiger partial charge in [-0.1, -0.05) is 91.0 Å². The highest BCUT2D eigenvalue weighted by Crippen LogP contribution is 2.39. The van der Waals surface area contributed by atoms with Crippen molar-refractivity contribution in [3.8, 4) is 35.5 Å². The molecule has 19 heteroatoms. The Morgan fingerprint density at radius 3 is 1.65 bits per heavy atom. The molecule has 10 aromatic rings. The minimum absolute atomic E-state index is 0. The van der Waals surface area contributed by atoms with Crippen molar-refractivity contribution >= 4 is 62.1 Å². The zero-order valence-electron chi connectivity index (χ0n) is 36.9. The van der Waals surface area contributed by atoms with Crippen molar-refractivity contribution in [1.82, 2.24) is 39.5 Å². The normalized spacial score (nSPS) is 10.5. The largest absolute Gasteiger partial charge is 1.00 e. The van der Waals surface area contributed by atoms with E-state index in [-0.39, 0.29) is 53.2 Å². The summed E-state index contributed by atoms with van der Waals surface area (Å²) in [6.07, 6.45) is 8.92. The number of aromatic nitrogens is 8. The number of amides is 2. The van der Waals surface area contributed by atoms with Gasteiger partial charge in [-0.2, -0.15) is 30.1 Å². The van der Waals surface area contributed by atoms with Crippen LogP contribution in [0.2, 0.25) is 0 Å². The number of phenolic OH excluding ortho intramolecular Hbond substituents is 2. The first-order valence-corrected chi connectivity index (χ1v) is 20.6. The van der Waals surface area contributed by atoms with Crippen LogP contribution in [0.15, 0.2) is 187 Å². The number of aromatic hydroxyl groups is 2. The number of phenols is 2. The van der Waals surface area contributed by atoms with E-state index in [4.69, 9.17) is 11.0 Å². The Bertz CT molecular complexity index is 3560. The zero-order valence-corrected chi connectivity index (χ0v) is 35.9. The standard InChI is InChI=1S/C25H16N8O2.C17H13NO2.C8H6N6.H/c26-14-17-15-29-33(25-27-11-6-12-28-25)23(17)32-31-20-13-16-7-4-5-10-19(16)21(22(20)34)24(35)30-18-8-2-1-3-9-18;19-15-11-10-12-6-4-5-9-14(12)16(15)17(20)18-13-7-2-1-3-8-13;9-4-6-5-13-14(7(6)10)8-11-2-1-3-12-8;/h1-13,15,34H,(H,30,35);1-11,19H,(H,18,20);1-3,5H,10H2;/q;;;-1/i;;;1+1. The first-order chi connectivity index (χ1) is 33.7. The third-order valence-electron chi connectivity index (χ3n) is 9.95. The molecule has 69 heavy (non-hydrogen) atoms. The maximum absolute atomic E-state index is 13.2. The Kier molecular flexibility index (Phi) is 13.6. The quantitative estimate of drug-likeness (QED) is 0.0890. The number of benzene rings is 6. The molecular weight excluding hydrogens is 875 g/mol. The second-order valence-corrected chi connectivity index (χ2v) is 14.3. The van der Waals surface area contributed by atoms with Crippen molar-refractivity contribution in [2.75, 3.05) is 16.4 Å². The van der Waals surface area contributed by atoms with Crippen molar-refractivity contribution in [2.45, 2.75) is 0 Å². The molecule has 0 spiro atoms. The minimum atomic E-state index is -0.498. The second kappa shape index (κ2) is 20.9. The average Bonchev–Trinajstić information content (AvgIpc) is 3.99. The van der Waals surface area contributed by atoms with Gasteiger partial charge in [-0.05, 0) is 70.1 Å². The molecule has 0 radical (unpaired) electrons. The van der Waals surface area contributed by atoms with Crippen LogP contribution < -0.4 is 16.4 Å². The lowest BCUT2D eigenvalue weighted by atomic mass is 10.0. The van der Waals surface area contributed by atoms with Gasteiger partial charge in [-0.3, -0.25) is 9.59 Å². The molecule has 19 nitrogen and oxygen atoms in total. The third kappa shape index (κ3) is 10.2. The molecular formula is C50H36N15O4-. The van der Waals surface area contributed by atoms with Crippen LogP contribution in [-0.2, 0) is 0 Å². The van der Waals surface area contributed by atoms with E-state index in [1.165, 1.54) is 34.2 Å². The lowest BCUT2D eigenvalue weighted by Crippen LogP contribution is -2.12. The molecule has 336 valence electrons. The lowest BCUT2D eigenvalue weighted by Gasteiger charge is -2.12. The van der Waals surface area contributed by atoms with Gasteiger partial charge in [-0.25, -0.2) is 19.9 Å². The number of rotatable bonds is 8. The van der Waals surface area contributed by atoms with Gasteiger partial charge < -0.3 is 28.0 Å².